The molecule has 0 spiro atoms. The van der Waals surface area contributed by atoms with Gasteiger partial charge in [0.2, 0.25) is 0 Å². The molecule has 112 valence electrons. The molecule has 0 saturated heterocycles. The van der Waals surface area contributed by atoms with E-state index in [1.54, 1.807) is 6.20 Å². The summed E-state index contributed by atoms with van der Waals surface area (Å²) < 4.78 is 14.2. The first kappa shape index (κ1) is 14.4. The monoisotopic (exact) mass is 351 g/mol. The van der Waals surface area contributed by atoms with Crippen molar-refractivity contribution in [2.75, 3.05) is 13.2 Å². The molecule has 1 aliphatic heterocycles. The summed E-state index contributed by atoms with van der Waals surface area (Å²) in [5.41, 5.74) is 8.35. The summed E-state index contributed by atoms with van der Waals surface area (Å²) in [6, 6.07) is 5.71. The molecule has 3 rings (SSSR count). The number of fused-ring (bicyclic) bond motifs is 1. The molecule has 1 aromatic carbocycles. The Hall–Kier alpha value is -1.53. The first-order valence-electron chi connectivity index (χ1n) is 6.96. The number of nitrogens with zero attached hydrogens (tertiary/aromatic N) is 2. The average molecular weight is 352 g/mol. The van der Waals surface area contributed by atoms with Crippen molar-refractivity contribution in [1.29, 1.82) is 0 Å². The van der Waals surface area contributed by atoms with Gasteiger partial charge in [0, 0.05) is 11.6 Å². The van der Waals surface area contributed by atoms with Crippen molar-refractivity contribution >= 4 is 15.9 Å². The van der Waals surface area contributed by atoms with Gasteiger partial charge in [0.25, 0.3) is 0 Å². The van der Waals surface area contributed by atoms with Gasteiger partial charge < -0.3 is 15.2 Å². The molecule has 21 heavy (non-hydrogen) atoms. The van der Waals surface area contributed by atoms with E-state index in [9.17, 15) is 0 Å². The number of rotatable bonds is 3. The van der Waals surface area contributed by atoms with Gasteiger partial charge >= 0.3 is 0 Å². The Kier molecular flexibility index (Phi) is 3.91. The van der Waals surface area contributed by atoms with E-state index in [2.05, 4.69) is 34.9 Å². The molecule has 2 heterocycles. The van der Waals surface area contributed by atoms with E-state index in [1.807, 2.05) is 22.9 Å². The third kappa shape index (κ3) is 2.53. The molecule has 0 aliphatic carbocycles. The van der Waals surface area contributed by atoms with Crippen LogP contribution in [0.15, 0.2) is 28.9 Å². The van der Waals surface area contributed by atoms with Gasteiger partial charge in [-0.05, 0) is 35.8 Å². The summed E-state index contributed by atoms with van der Waals surface area (Å²) >= 11 is 3.54. The van der Waals surface area contributed by atoms with E-state index >= 15 is 0 Å². The van der Waals surface area contributed by atoms with Crippen molar-refractivity contribution in [3.05, 3.63) is 40.1 Å². The van der Waals surface area contributed by atoms with Crippen LogP contribution in [0.4, 0.5) is 0 Å². The van der Waals surface area contributed by atoms with Gasteiger partial charge in [0.05, 0.1) is 22.4 Å². The van der Waals surface area contributed by atoms with Crippen LogP contribution in [0.3, 0.4) is 0 Å². The fourth-order valence-corrected chi connectivity index (χ4v) is 3.06. The van der Waals surface area contributed by atoms with Gasteiger partial charge in [-0.15, -0.1) is 0 Å². The normalized spacial score (nSPS) is 15.3. The van der Waals surface area contributed by atoms with Crippen LogP contribution >= 0.6 is 15.9 Å². The van der Waals surface area contributed by atoms with E-state index in [-0.39, 0.29) is 12.1 Å². The number of para-hydroxylation sites is 1. The lowest BCUT2D eigenvalue weighted by atomic mass is 10.0. The van der Waals surface area contributed by atoms with Crippen LogP contribution in [0, 0.1) is 0 Å². The fourth-order valence-electron chi connectivity index (χ4n) is 2.54. The number of nitrogens with two attached hydrogens (primary N) is 1. The lowest BCUT2D eigenvalue weighted by Crippen LogP contribution is -2.22. The molecule has 0 radical (unpaired) electrons. The molecular weight excluding hydrogens is 334 g/mol. The molecule has 0 saturated carbocycles. The quantitative estimate of drug-likeness (QED) is 0.922. The first-order valence-corrected chi connectivity index (χ1v) is 7.76. The van der Waals surface area contributed by atoms with Gasteiger partial charge in [0.15, 0.2) is 11.5 Å². The average Bonchev–Trinajstić information content (AvgIpc) is 2.88. The standard InChI is InChI=1S/C15H18BrN3O2/c1-9(2)19-14(11(16)8-18-19)13(17)10-4-3-5-12-15(10)21-7-6-20-12/h3-5,8-9,13H,6-7,17H2,1-2H3. The summed E-state index contributed by atoms with van der Waals surface area (Å²) in [5, 5.41) is 4.39. The highest BCUT2D eigenvalue weighted by Crippen LogP contribution is 2.39. The van der Waals surface area contributed by atoms with E-state index in [0.717, 1.165) is 27.2 Å². The maximum atomic E-state index is 6.50. The minimum absolute atomic E-state index is 0.231. The van der Waals surface area contributed by atoms with Crippen molar-refractivity contribution < 1.29 is 9.47 Å². The lowest BCUT2D eigenvalue weighted by Gasteiger charge is -2.24. The molecule has 0 amide bonds. The van der Waals surface area contributed by atoms with Crippen LogP contribution in [0.1, 0.15) is 37.2 Å². The van der Waals surface area contributed by atoms with E-state index in [1.165, 1.54) is 0 Å². The third-order valence-electron chi connectivity index (χ3n) is 3.50. The molecule has 6 heteroatoms. The first-order chi connectivity index (χ1) is 10.1. The summed E-state index contributed by atoms with van der Waals surface area (Å²) in [5.74, 6) is 1.49. The summed E-state index contributed by atoms with van der Waals surface area (Å²) in [4.78, 5) is 0. The van der Waals surface area contributed by atoms with Gasteiger partial charge in [-0.3, -0.25) is 4.68 Å². The summed E-state index contributed by atoms with van der Waals surface area (Å²) in [6.45, 7) is 5.27. The molecule has 5 nitrogen and oxygen atoms in total. The number of hydrogen-bond donors (Lipinski definition) is 1. The van der Waals surface area contributed by atoms with E-state index < -0.39 is 0 Å². The van der Waals surface area contributed by atoms with Crippen molar-refractivity contribution in [2.24, 2.45) is 5.73 Å². The molecular formula is C15H18BrN3O2. The highest BCUT2D eigenvalue weighted by atomic mass is 79.9. The van der Waals surface area contributed by atoms with Gasteiger partial charge in [0.1, 0.15) is 13.2 Å². The molecule has 1 unspecified atom stereocenters. The number of benzene rings is 1. The zero-order chi connectivity index (χ0) is 15.0. The highest BCUT2D eigenvalue weighted by Gasteiger charge is 2.25. The minimum Gasteiger partial charge on any atom is -0.486 e. The maximum absolute atomic E-state index is 6.50. The fraction of sp³-hybridized carbons (Fsp3) is 0.400. The largest absolute Gasteiger partial charge is 0.486 e. The highest BCUT2D eigenvalue weighted by molar-refractivity contribution is 9.10. The minimum atomic E-state index is -0.332. The number of ether oxygens (including phenoxy) is 2. The molecule has 2 aromatic rings. The lowest BCUT2D eigenvalue weighted by molar-refractivity contribution is 0.169. The molecule has 0 bridgehead atoms. The van der Waals surface area contributed by atoms with Crippen LogP contribution in [0.2, 0.25) is 0 Å². The second kappa shape index (κ2) is 5.69. The van der Waals surface area contributed by atoms with Gasteiger partial charge in [-0.2, -0.15) is 5.10 Å². The van der Waals surface area contributed by atoms with Crippen molar-refractivity contribution in [3.63, 3.8) is 0 Å². The molecule has 1 aliphatic rings. The Balaban J connectivity index is 2.07. The molecule has 1 aromatic heterocycles. The van der Waals surface area contributed by atoms with E-state index in [0.29, 0.717) is 13.2 Å². The molecule has 2 N–H and O–H groups in total. The smallest absolute Gasteiger partial charge is 0.166 e. The Morgan fingerprint density at radius 1 is 1.29 bits per heavy atom. The molecule has 0 fully saturated rings. The number of hydrogen-bond acceptors (Lipinski definition) is 4. The van der Waals surface area contributed by atoms with Gasteiger partial charge in [-0.1, -0.05) is 12.1 Å². The second-order valence-electron chi connectivity index (χ2n) is 5.27. The zero-order valence-corrected chi connectivity index (χ0v) is 13.6. The van der Waals surface area contributed by atoms with Crippen LogP contribution in [-0.4, -0.2) is 23.0 Å². The van der Waals surface area contributed by atoms with Crippen molar-refractivity contribution in [1.82, 2.24) is 9.78 Å². The predicted molar refractivity (Wildman–Crippen MR) is 83.8 cm³/mol. The predicted octanol–water partition coefficient (Wildman–Crippen LogP) is 3.05. The van der Waals surface area contributed by atoms with Crippen molar-refractivity contribution in [3.8, 4) is 11.5 Å². The zero-order valence-electron chi connectivity index (χ0n) is 12.0. The van der Waals surface area contributed by atoms with Crippen molar-refractivity contribution in [2.45, 2.75) is 25.9 Å². The summed E-state index contributed by atoms with van der Waals surface area (Å²) in [7, 11) is 0. The Labute approximate surface area is 132 Å². The Morgan fingerprint density at radius 3 is 2.81 bits per heavy atom. The van der Waals surface area contributed by atoms with Crippen LogP contribution in [0.25, 0.3) is 0 Å². The van der Waals surface area contributed by atoms with Crippen LogP contribution in [0.5, 0.6) is 11.5 Å². The maximum Gasteiger partial charge on any atom is 0.166 e. The Morgan fingerprint density at radius 2 is 2.05 bits per heavy atom. The number of aromatic nitrogens is 2. The SMILES string of the molecule is CC(C)n1ncc(Br)c1C(N)c1cccc2c1OCCO2. The van der Waals surface area contributed by atoms with Gasteiger partial charge in [-0.25, -0.2) is 0 Å². The van der Waals surface area contributed by atoms with Crippen LogP contribution in [-0.2, 0) is 0 Å². The van der Waals surface area contributed by atoms with E-state index in [4.69, 9.17) is 15.2 Å². The number of halogens is 1. The third-order valence-corrected chi connectivity index (χ3v) is 4.11. The van der Waals surface area contributed by atoms with Crippen LogP contribution < -0.4 is 15.2 Å². The molecule has 1 atom stereocenters. The summed E-state index contributed by atoms with van der Waals surface area (Å²) in [6.07, 6.45) is 1.78. The topological polar surface area (TPSA) is 62.3 Å². The Bertz CT molecular complexity index is 654. The second-order valence-corrected chi connectivity index (χ2v) is 6.12.